The fourth-order valence-electron chi connectivity index (χ4n) is 2.86. The van der Waals surface area contributed by atoms with Gasteiger partial charge in [0.1, 0.15) is 0 Å². The summed E-state index contributed by atoms with van der Waals surface area (Å²) in [5, 5.41) is 4.82. The molecule has 0 atom stereocenters. The van der Waals surface area contributed by atoms with Gasteiger partial charge in [0, 0.05) is 29.9 Å². The number of thiazole rings is 1. The van der Waals surface area contributed by atoms with Gasteiger partial charge >= 0.3 is 0 Å². The Morgan fingerprint density at radius 2 is 2.00 bits per heavy atom. The molecular weight excluding hydrogens is 266 g/mol. The lowest BCUT2D eigenvalue weighted by Crippen LogP contribution is -2.27. The van der Waals surface area contributed by atoms with Gasteiger partial charge in [0.05, 0.1) is 5.69 Å². The average molecular weight is 291 g/mol. The number of nitrogens with one attached hydrogen (secondary N) is 1. The van der Waals surface area contributed by atoms with Crippen molar-refractivity contribution in [2.24, 2.45) is 5.92 Å². The number of nitrogens with zero attached hydrogens (tertiary/aromatic N) is 2. The molecule has 3 aliphatic carbocycles. The Morgan fingerprint density at radius 1 is 1.20 bits per heavy atom. The van der Waals surface area contributed by atoms with Gasteiger partial charge in [-0.15, -0.1) is 11.3 Å². The standard InChI is InChI=1S/C16H25N3S/c1-2-17-9-14-15(12-5-6-12)18-16(20-14)19(13-7-8-13)10-11-3-4-11/h11-13,17H,2-10H2,1H3. The van der Waals surface area contributed by atoms with Gasteiger partial charge in [-0.05, 0) is 51.0 Å². The summed E-state index contributed by atoms with van der Waals surface area (Å²) >= 11 is 1.97. The van der Waals surface area contributed by atoms with Crippen molar-refractivity contribution in [1.82, 2.24) is 10.3 Å². The summed E-state index contributed by atoms with van der Waals surface area (Å²) in [4.78, 5) is 9.22. The SMILES string of the molecule is CCNCc1sc(N(CC2CC2)C2CC2)nc1C1CC1. The van der Waals surface area contributed by atoms with Gasteiger partial charge in [-0.25, -0.2) is 4.98 Å². The van der Waals surface area contributed by atoms with Gasteiger partial charge in [0.2, 0.25) is 0 Å². The van der Waals surface area contributed by atoms with Crippen LogP contribution in [0, 0.1) is 5.92 Å². The van der Waals surface area contributed by atoms with Crippen molar-refractivity contribution in [3.63, 3.8) is 0 Å². The average Bonchev–Trinajstić information content (AvgIpc) is 3.31. The molecular formula is C16H25N3S. The first-order valence-electron chi connectivity index (χ1n) is 8.32. The molecule has 0 spiro atoms. The van der Waals surface area contributed by atoms with Crippen LogP contribution in [0.1, 0.15) is 61.9 Å². The molecule has 0 radical (unpaired) electrons. The summed E-state index contributed by atoms with van der Waals surface area (Å²) in [5.74, 6) is 1.73. The molecule has 0 saturated heterocycles. The number of rotatable bonds is 8. The van der Waals surface area contributed by atoms with E-state index in [2.05, 4.69) is 17.1 Å². The fourth-order valence-corrected chi connectivity index (χ4v) is 4.06. The Labute approximate surface area is 125 Å². The van der Waals surface area contributed by atoms with Gasteiger partial charge in [-0.3, -0.25) is 0 Å². The first-order valence-corrected chi connectivity index (χ1v) is 9.13. The van der Waals surface area contributed by atoms with Crippen molar-refractivity contribution in [1.29, 1.82) is 0 Å². The van der Waals surface area contributed by atoms with Crippen LogP contribution in [0.4, 0.5) is 5.13 Å². The minimum Gasteiger partial charge on any atom is -0.345 e. The highest BCUT2D eigenvalue weighted by Gasteiger charge is 2.37. The van der Waals surface area contributed by atoms with Crippen LogP contribution in [-0.2, 0) is 6.54 Å². The second kappa shape index (κ2) is 5.30. The molecule has 0 unspecified atom stereocenters. The van der Waals surface area contributed by atoms with Crippen LogP contribution in [0.2, 0.25) is 0 Å². The van der Waals surface area contributed by atoms with Crippen LogP contribution in [0.5, 0.6) is 0 Å². The Hall–Kier alpha value is -0.610. The molecule has 20 heavy (non-hydrogen) atoms. The van der Waals surface area contributed by atoms with E-state index in [-0.39, 0.29) is 0 Å². The third-order valence-corrected chi connectivity index (χ3v) is 5.71. The van der Waals surface area contributed by atoms with Crippen molar-refractivity contribution in [3.8, 4) is 0 Å². The smallest absolute Gasteiger partial charge is 0.186 e. The van der Waals surface area contributed by atoms with Crippen molar-refractivity contribution >= 4 is 16.5 Å². The molecule has 3 fully saturated rings. The number of hydrogen-bond donors (Lipinski definition) is 1. The van der Waals surface area contributed by atoms with E-state index in [0.717, 1.165) is 31.0 Å². The molecule has 3 aliphatic rings. The second-order valence-corrected chi connectivity index (χ2v) is 7.75. The molecule has 0 aliphatic heterocycles. The summed E-state index contributed by atoms with van der Waals surface area (Å²) in [7, 11) is 0. The van der Waals surface area contributed by atoms with Crippen LogP contribution < -0.4 is 10.2 Å². The number of aromatic nitrogens is 1. The third-order valence-electron chi connectivity index (χ3n) is 4.60. The van der Waals surface area contributed by atoms with Crippen LogP contribution in [-0.4, -0.2) is 24.1 Å². The molecule has 4 heteroatoms. The maximum Gasteiger partial charge on any atom is 0.186 e. The van der Waals surface area contributed by atoms with E-state index >= 15 is 0 Å². The Morgan fingerprint density at radius 3 is 2.60 bits per heavy atom. The van der Waals surface area contributed by atoms with Crippen LogP contribution in [0.3, 0.4) is 0 Å². The van der Waals surface area contributed by atoms with Crippen LogP contribution in [0.15, 0.2) is 0 Å². The highest BCUT2D eigenvalue weighted by Crippen LogP contribution is 2.46. The topological polar surface area (TPSA) is 28.2 Å². The van der Waals surface area contributed by atoms with Crippen molar-refractivity contribution in [2.75, 3.05) is 18.0 Å². The minimum atomic E-state index is 0.774. The number of anilines is 1. The lowest BCUT2D eigenvalue weighted by molar-refractivity contribution is 0.712. The van der Waals surface area contributed by atoms with Gasteiger partial charge in [0.15, 0.2) is 5.13 Å². The van der Waals surface area contributed by atoms with E-state index in [0.29, 0.717) is 0 Å². The summed E-state index contributed by atoms with van der Waals surface area (Å²) in [5.41, 5.74) is 1.42. The summed E-state index contributed by atoms with van der Waals surface area (Å²) in [6.45, 7) is 5.51. The largest absolute Gasteiger partial charge is 0.345 e. The summed E-state index contributed by atoms with van der Waals surface area (Å²) in [6.07, 6.45) is 8.35. The molecule has 4 rings (SSSR count). The third kappa shape index (κ3) is 2.86. The Bertz CT molecular complexity index is 472. The van der Waals surface area contributed by atoms with Crippen molar-refractivity contribution < 1.29 is 0 Å². The first kappa shape index (κ1) is 13.1. The zero-order valence-corrected chi connectivity index (χ0v) is 13.2. The molecule has 3 saturated carbocycles. The second-order valence-electron chi connectivity index (χ2n) is 6.69. The Kier molecular flexibility index (Phi) is 3.47. The predicted molar refractivity (Wildman–Crippen MR) is 84.6 cm³/mol. The van der Waals surface area contributed by atoms with E-state index in [1.165, 1.54) is 60.8 Å². The normalized spacial score (nSPS) is 22.2. The lowest BCUT2D eigenvalue weighted by atomic mass is 10.2. The summed E-state index contributed by atoms with van der Waals surface area (Å²) in [6, 6.07) is 0.806. The zero-order valence-electron chi connectivity index (χ0n) is 12.4. The van der Waals surface area contributed by atoms with Gasteiger partial charge in [-0.1, -0.05) is 6.92 Å². The summed E-state index contributed by atoms with van der Waals surface area (Å²) < 4.78 is 0. The fraction of sp³-hybridized carbons (Fsp3) is 0.812. The van der Waals surface area contributed by atoms with Gasteiger partial charge in [-0.2, -0.15) is 0 Å². The molecule has 1 aromatic rings. The first-order chi connectivity index (χ1) is 9.85. The highest BCUT2D eigenvalue weighted by atomic mass is 32.1. The molecule has 0 amide bonds. The molecule has 0 aromatic carbocycles. The maximum absolute atomic E-state index is 5.07. The minimum absolute atomic E-state index is 0.774. The molecule has 3 nitrogen and oxygen atoms in total. The van der Waals surface area contributed by atoms with Crippen molar-refractivity contribution in [3.05, 3.63) is 10.6 Å². The van der Waals surface area contributed by atoms with Gasteiger partial charge < -0.3 is 10.2 Å². The molecule has 1 aromatic heterocycles. The highest BCUT2D eigenvalue weighted by molar-refractivity contribution is 7.15. The van der Waals surface area contributed by atoms with E-state index in [1.54, 1.807) is 0 Å². The van der Waals surface area contributed by atoms with Crippen LogP contribution in [0.25, 0.3) is 0 Å². The van der Waals surface area contributed by atoms with Crippen molar-refractivity contribution in [2.45, 2.75) is 64.0 Å². The van der Waals surface area contributed by atoms with E-state index < -0.39 is 0 Å². The maximum atomic E-state index is 5.07. The quantitative estimate of drug-likeness (QED) is 0.794. The number of hydrogen-bond acceptors (Lipinski definition) is 4. The van der Waals surface area contributed by atoms with E-state index in [4.69, 9.17) is 4.98 Å². The lowest BCUT2D eigenvalue weighted by Gasteiger charge is -2.21. The molecule has 1 heterocycles. The van der Waals surface area contributed by atoms with Gasteiger partial charge in [0.25, 0.3) is 0 Å². The zero-order chi connectivity index (χ0) is 13.5. The van der Waals surface area contributed by atoms with E-state index in [1.807, 2.05) is 11.3 Å². The molecule has 110 valence electrons. The molecule has 1 N–H and O–H groups in total. The Balaban J connectivity index is 1.55. The van der Waals surface area contributed by atoms with E-state index in [9.17, 15) is 0 Å². The van der Waals surface area contributed by atoms with Crippen LogP contribution >= 0.6 is 11.3 Å². The monoisotopic (exact) mass is 291 g/mol. The molecule has 0 bridgehead atoms. The predicted octanol–water partition coefficient (Wildman–Crippen LogP) is 3.51.